The molecule has 0 aromatic heterocycles. The molecule has 0 aliphatic rings. The van der Waals surface area contributed by atoms with E-state index in [9.17, 15) is 22.8 Å². The lowest BCUT2D eigenvalue weighted by Gasteiger charge is -2.11. The summed E-state index contributed by atoms with van der Waals surface area (Å²) in [6, 6.07) is 12.0. The van der Waals surface area contributed by atoms with Crippen molar-refractivity contribution in [2.24, 2.45) is 0 Å². The molecule has 0 radical (unpaired) electrons. The monoisotopic (exact) mass is 422 g/mol. The van der Waals surface area contributed by atoms with Crippen LogP contribution in [0.25, 0.3) is 10.8 Å². The average Bonchev–Trinajstić information content (AvgIpc) is 2.72. The molecule has 0 fully saturated rings. The maximum atomic E-state index is 13.5. The summed E-state index contributed by atoms with van der Waals surface area (Å²) in [5.74, 6) is -5.59. The van der Waals surface area contributed by atoms with Gasteiger partial charge in [0.25, 0.3) is 5.91 Å². The third kappa shape index (κ3) is 4.78. The Labute approximate surface area is 168 Å². The molecule has 0 unspecified atom stereocenters. The zero-order chi connectivity index (χ0) is 21.0. The lowest BCUT2D eigenvalue weighted by molar-refractivity contribution is -0.125. The van der Waals surface area contributed by atoms with Crippen LogP contribution in [0.2, 0.25) is 5.02 Å². The quantitative estimate of drug-likeness (QED) is 0.589. The lowest BCUT2D eigenvalue weighted by atomic mass is 10.1. The lowest BCUT2D eigenvalue weighted by Crippen LogP contribution is -2.36. The molecule has 29 heavy (non-hydrogen) atoms. The minimum atomic E-state index is -1.70. The molecule has 0 aliphatic heterocycles. The Balaban J connectivity index is 1.54. The Kier molecular flexibility index (Phi) is 6.23. The number of carbonyl (C=O) groups is 2. The molecule has 3 aromatic carbocycles. The van der Waals surface area contributed by atoms with E-state index in [2.05, 4.69) is 5.32 Å². The van der Waals surface area contributed by atoms with Crippen molar-refractivity contribution in [3.05, 3.63) is 71.0 Å². The van der Waals surface area contributed by atoms with E-state index >= 15 is 0 Å². The normalized spacial score (nSPS) is 10.6. The summed E-state index contributed by atoms with van der Waals surface area (Å²) in [6.07, 6.45) is 0. The molecule has 0 saturated carbocycles. The van der Waals surface area contributed by atoms with Crippen molar-refractivity contribution in [1.29, 1.82) is 0 Å². The fraction of sp³-hybridized carbons (Fsp3) is 0.100. The summed E-state index contributed by atoms with van der Waals surface area (Å²) in [5.41, 5.74) is -0.535. The van der Waals surface area contributed by atoms with Gasteiger partial charge in [-0.1, -0.05) is 35.9 Å². The van der Waals surface area contributed by atoms with Gasteiger partial charge in [0.05, 0.1) is 12.2 Å². The predicted molar refractivity (Wildman–Crippen MR) is 102 cm³/mol. The van der Waals surface area contributed by atoms with Gasteiger partial charge in [0.15, 0.2) is 24.1 Å². The maximum absolute atomic E-state index is 13.5. The van der Waals surface area contributed by atoms with Crippen molar-refractivity contribution in [3.63, 3.8) is 0 Å². The van der Waals surface area contributed by atoms with Crippen LogP contribution in [0.4, 0.5) is 18.9 Å². The van der Waals surface area contributed by atoms with Gasteiger partial charge in [0.2, 0.25) is 5.91 Å². The highest BCUT2D eigenvalue weighted by Crippen LogP contribution is 2.31. The summed E-state index contributed by atoms with van der Waals surface area (Å²) in [5, 5.41) is 6.36. The summed E-state index contributed by atoms with van der Waals surface area (Å²) in [7, 11) is 0. The van der Waals surface area contributed by atoms with Gasteiger partial charge >= 0.3 is 0 Å². The highest BCUT2D eigenvalue weighted by Gasteiger charge is 2.16. The zero-order valence-electron chi connectivity index (χ0n) is 14.8. The van der Waals surface area contributed by atoms with E-state index in [0.717, 1.165) is 16.8 Å². The van der Waals surface area contributed by atoms with Gasteiger partial charge < -0.3 is 15.4 Å². The zero-order valence-corrected chi connectivity index (χ0v) is 15.5. The number of benzene rings is 3. The summed E-state index contributed by atoms with van der Waals surface area (Å²) < 4.78 is 45.1. The first-order valence-electron chi connectivity index (χ1n) is 8.37. The first-order valence-corrected chi connectivity index (χ1v) is 8.74. The van der Waals surface area contributed by atoms with Crippen LogP contribution >= 0.6 is 11.6 Å². The topological polar surface area (TPSA) is 67.4 Å². The van der Waals surface area contributed by atoms with Crippen LogP contribution < -0.4 is 15.4 Å². The van der Waals surface area contributed by atoms with E-state index in [0.29, 0.717) is 16.8 Å². The summed E-state index contributed by atoms with van der Waals surface area (Å²) in [6.45, 7) is -0.888. The average molecular weight is 423 g/mol. The number of amides is 2. The van der Waals surface area contributed by atoms with E-state index in [1.807, 2.05) is 17.4 Å². The summed E-state index contributed by atoms with van der Waals surface area (Å²) in [4.78, 5) is 23.7. The van der Waals surface area contributed by atoms with Crippen LogP contribution in [-0.2, 0) is 9.59 Å². The molecule has 3 aromatic rings. The molecule has 5 nitrogen and oxygen atoms in total. The Morgan fingerprint density at radius 3 is 2.38 bits per heavy atom. The Morgan fingerprint density at radius 1 is 0.897 bits per heavy atom. The highest BCUT2D eigenvalue weighted by atomic mass is 35.5. The fourth-order valence-electron chi connectivity index (χ4n) is 2.55. The Bertz CT molecular complexity index is 1090. The van der Waals surface area contributed by atoms with Crippen molar-refractivity contribution in [3.8, 4) is 5.75 Å². The Morgan fingerprint density at radius 2 is 1.62 bits per heavy atom. The van der Waals surface area contributed by atoms with Gasteiger partial charge in [0, 0.05) is 15.8 Å². The van der Waals surface area contributed by atoms with Crippen LogP contribution in [0, 0.1) is 17.5 Å². The molecule has 9 heteroatoms. The minimum absolute atomic E-state index is 0.377. The number of hydrogen-bond acceptors (Lipinski definition) is 3. The Hall–Kier alpha value is -3.26. The molecule has 0 saturated heterocycles. The van der Waals surface area contributed by atoms with Gasteiger partial charge in [-0.2, -0.15) is 0 Å². The number of ether oxygens (including phenoxy) is 1. The molecule has 0 aliphatic carbocycles. The molecule has 2 amide bonds. The van der Waals surface area contributed by atoms with Gasteiger partial charge in [-0.05, 0) is 24.3 Å². The SMILES string of the molecule is O=C(COc1ccc(Cl)c2ccccc12)NCC(=O)Nc1ccc(F)c(F)c1F. The van der Waals surface area contributed by atoms with Crippen LogP contribution in [0.3, 0.4) is 0 Å². The highest BCUT2D eigenvalue weighted by molar-refractivity contribution is 6.35. The first kappa shape index (κ1) is 20.5. The molecule has 150 valence electrons. The van der Waals surface area contributed by atoms with E-state index in [4.69, 9.17) is 16.3 Å². The van der Waals surface area contributed by atoms with Crippen molar-refractivity contribution in [1.82, 2.24) is 5.32 Å². The largest absolute Gasteiger partial charge is 0.483 e. The van der Waals surface area contributed by atoms with Crippen molar-refractivity contribution in [2.75, 3.05) is 18.5 Å². The van der Waals surface area contributed by atoms with E-state index in [-0.39, 0.29) is 6.61 Å². The number of rotatable bonds is 6. The number of fused-ring (bicyclic) bond motifs is 1. The van der Waals surface area contributed by atoms with E-state index < -0.39 is 41.5 Å². The fourth-order valence-corrected chi connectivity index (χ4v) is 2.78. The van der Waals surface area contributed by atoms with Crippen LogP contribution in [0.15, 0.2) is 48.5 Å². The first-order chi connectivity index (χ1) is 13.9. The minimum Gasteiger partial charge on any atom is -0.483 e. The summed E-state index contributed by atoms with van der Waals surface area (Å²) >= 11 is 6.12. The second kappa shape index (κ2) is 8.83. The molecular formula is C20H14ClF3N2O3. The number of hydrogen-bond donors (Lipinski definition) is 2. The number of nitrogens with one attached hydrogen (secondary N) is 2. The molecule has 2 N–H and O–H groups in total. The standard InChI is InChI=1S/C20H14ClF3N2O3/c21-13-5-8-16(12-4-2-1-3-11(12)13)29-10-18(28)25-9-17(27)26-15-7-6-14(22)19(23)20(15)24/h1-8H,9-10H2,(H,25,28)(H,26,27). The van der Waals surface area contributed by atoms with Crippen molar-refractivity contribution < 1.29 is 27.5 Å². The van der Waals surface area contributed by atoms with Gasteiger partial charge in [0.1, 0.15) is 5.75 Å². The van der Waals surface area contributed by atoms with Crippen LogP contribution in [0.5, 0.6) is 5.75 Å². The third-order valence-electron chi connectivity index (χ3n) is 3.95. The van der Waals surface area contributed by atoms with Crippen LogP contribution in [-0.4, -0.2) is 25.0 Å². The van der Waals surface area contributed by atoms with Crippen molar-refractivity contribution in [2.45, 2.75) is 0 Å². The number of anilines is 1. The molecule has 0 heterocycles. The second-order valence-corrected chi connectivity index (χ2v) is 6.33. The molecule has 0 spiro atoms. The van der Waals surface area contributed by atoms with Crippen molar-refractivity contribution >= 4 is 39.9 Å². The molecule has 3 rings (SSSR count). The van der Waals surface area contributed by atoms with E-state index in [1.54, 1.807) is 24.3 Å². The number of carbonyl (C=O) groups excluding carboxylic acids is 2. The molecule has 0 bridgehead atoms. The maximum Gasteiger partial charge on any atom is 0.258 e. The smallest absolute Gasteiger partial charge is 0.258 e. The third-order valence-corrected chi connectivity index (χ3v) is 4.27. The molecule has 0 atom stereocenters. The van der Waals surface area contributed by atoms with Gasteiger partial charge in [-0.25, -0.2) is 13.2 Å². The predicted octanol–water partition coefficient (Wildman–Crippen LogP) is 4.04. The van der Waals surface area contributed by atoms with Gasteiger partial charge in [-0.3, -0.25) is 9.59 Å². The van der Waals surface area contributed by atoms with E-state index in [1.165, 1.54) is 0 Å². The van der Waals surface area contributed by atoms with Gasteiger partial charge in [-0.15, -0.1) is 0 Å². The molecular weight excluding hydrogens is 409 g/mol. The van der Waals surface area contributed by atoms with Crippen LogP contribution in [0.1, 0.15) is 0 Å². The second-order valence-electron chi connectivity index (χ2n) is 5.93. The number of halogens is 4.